The zero-order valence-electron chi connectivity index (χ0n) is 26.0. The number of hydrogen-bond acceptors (Lipinski definition) is 7. The minimum absolute atomic E-state index is 0.0647. The van der Waals surface area contributed by atoms with Crippen LogP contribution in [0.4, 0.5) is 5.69 Å². The van der Waals surface area contributed by atoms with Crippen LogP contribution in [0.1, 0.15) is 77.9 Å². The molecule has 0 spiro atoms. The van der Waals surface area contributed by atoms with Gasteiger partial charge in [0.25, 0.3) is 11.6 Å². The van der Waals surface area contributed by atoms with E-state index in [0.29, 0.717) is 59.0 Å². The second-order valence-corrected chi connectivity index (χ2v) is 11.3. The van der Waals surface area contributed by atoms with Gasteiger partial charge < -0.3 is 19.5 Å². The highest BCUT2D eigenvalue weighted by molar-refractivity contribution is 6.06. The molecule has 3 aromatic carbocycles. The van der Waals surface area contributed by atoms with Crippen molar-refractivity contribution in [3.8, 4) is 28.4 Å². The summed E-state index contributed by atoms with van der Waals surface area (Å²) in [7, 11) is 3.19. The molecule has 1 N–H and O–H groups in total. The second-order valence-electron chi connectivity index (χ2n) is 11.3. The van der Waals surface area contributed by atoms with Crippen molar-refractivity contribution >= 4 is 11.6 Å². The zero-order chi connectivity index (χ0) is 31.9. The van der Waals surface area contributed by atoms with Gasteiger partial charge >= 0.3 is 0 Å². The third-order valence-corrected chi connectivity index (χ3v) is 8.44. The number of unbranched alkanes of at least 4 members (excludes halogenated alkanes) is 3. The highest BCUT2D eigenvalue weighted by Crippen LogP contribution is 2.46. The van der Waals surface area contributed by atoms with Crippen LogP contribution in [0.2, 0.25) is 0 Å². The van der Waals surface area contributed by atoms with Gasteiger partial charge in [0.05, 0.1) is 42.1 Å². The van der Waals surface area contributed by atoms with E-state index in [0.717, 1.165) is 43.2 Å². The Morgan fingerprint density at radius 1 is 0.911 bits per heavy atom. The number of amides is 1. The summed E-state index contributed by atoms with van der Waals surface area (Å²) >= 11 is 0. The molecule has 4 aromatic rings. The lowest BCUT2D eigenvalue weighted by Crippen LogP contribution is -2.30. The number of hydrogen-bond donors (Lipinski definition) is 1. The van der Waals surface area contributed by atoms with Crippen molar-refractivity contribution < 1.29 is 24.3 Å². The van der Waals surface area contributed by atoms with Crippen molar-refractivity contribution in [2.45, 2.75) is 57.9 Å². The van der Waals surface area contributed by atoms with E-state index < -0.39 is 4.92 Å². The lowest BCUT2D eigenvalue weighted by Gasteiger charge is -2.25. The van der Waals surface area contributed by atoms with Crippen molar-refractivity contribution in [2.75, 3.05) is 20.8 Å². The molecule has 0 saturated heterocycles. The Morgan fingerprint density at radius 2 is 1.64 bits per heavy atom. The summed E-state index contributed by atoms with van der Waals surface area (Å²) in [6.07, 6.45) is 5.89. The Hall–Kier alpha value is -4.92. The summed E-state index contributed by atoms with van der Waals surface area (Å²) in [5.41, 5.74) is 4.31. The van der Waals surface area contributed by atoms with E-state index in [1.54, 1.807) is 26.4 Å². The van der Waals surface area contributed by atoms with Crippen molar-refractivity contribution in [2.24, 2.45) is 0 Å². The molecule has 0 aliphatic carbocycles. The first-order valence-electron chi connectivity index (χ1n) is 15.4. The average molecular weight is 610 g/mol. The van der Waals surface area contributed by atoms with Gasteiger partial charge in [-0.2, -0.15) is 0 Å². The largest absolute Gasteiger partial charge is 0.505 e. The number of aromatic hydroxyl groups is 1. The van der Waals surface area contributed by atoms with Crippen molar-refractivity contribution in [3.05, 3.63) is 111 Å². The fraction of sp³-hybridized carbons (Fsp3) is 0.333. The van der Waals surface area contributed by atoms with Gasteiger partial charge in [-0.25, -0.2) is 0 Å². The van der Waals surface area contributed by atoms with E-state index in [4.69, 9.17) is 14.5 Å². The smallest absolute Gasteiger partial charge is 0.269 e. The normalized spacial score (nSPS) is 14.0. The summed E-state index contributed by atoms with van der Waals surface area (Å²) in [6.45, 7) is 2.61. The number of nitrogens with zero attached hydrogens (tertiary/aromatic N) is 3. The SMILES string of the molecule is CCCCCCC1c2nc(Cc3ccccc3)c(O)c(-c3ccc([N+](=O)[O-])cc3)c2C(=O)N1CCc1ccc(OC)c(OC)c1. The Bertz CT molecular complexity index is 1660. The summed E-state index contributed by atoms with van der Waals surface area (Å²) < 4.78 is 10.9. The molecule has 0 saturated carbocycles. The number of methoxy groups -OCH3 is 2. The van der Waals surface area contributed by atoms with Crippen molar-refractivity contribution in [1.82, 2.24) is 9.88 Å². The number of benzene rings is 3. The molecule has 1 aromatic heterocycles. The quantitative estimate of drug-likeness (QED) is 0.0886. The molecule has 2 heterocycles. The number of rotatable bonds is 14. The molecular weight excluding hydrogens is 570 g/mol. The lowest BCUT2D eigenvalue weighted by atomic mass is 9.93. The molecule has 9 heteroatoms. The monoisotopic (exact) mass is 609 g/mol. The van der Waals surface area contributed by atoms with E-state index in [-0.39, 0.29) is 23.4 Å². The number of fused-ring (bicyclic) bond motifs is 1. The number of ether oxygens (including phenoxy) is 2. The maximum absolute atomic E-state index is 14.4. The maximum atomic E-state index is 14.4. The van der Waals surface area contributed by atoms with Crippen LogP contribution in [0, 0.1) is 10.1 Å². The van der Waals surface area contributed by atoms with Gasteiger partial charge in [-0.3, -0.25) is 19.9 Å². The highest BCUT2D eigenvalue weighted by Gasteiger charge is 2.41. The van der Waals surface area contributed by atoms with Crippen LogP contribution in [0.15, 0.2) is 72.8 Å². The standard InChI is InChI=1S/C36H39N3O6/c1-4-5-6-10-13-29-34-33(36(41)38(29)21-20-25-14-19-30(44-2)31(23-25)45-3)32(26-15-17-27(18-16-26)39(42)43)35(40)28(37-34)22-24-11-8-7-9-12-24/h7-9,11-12,14-19,23,29,40H,4-6,10,13,20-22H2,1-3H3. The summed E-state index contributed by atoms with van der Waals surface area (Å²) in [5, 5.41) is 23.1. The molecule has 1 aliphatic heterocycles. The summed E-state index contributed by atoms with van der Waals surface area (Å²) in [6, 6.07) is 21.2. The Morgan fingerprint density at radius 3 is 2.31 bits per heavy atom. The first-order valence-corrected chi connectivity index (χ1v) is 15.4. The third kappa shape index (κ3) is 6.77. The molecule has 0 bridgehead atoms. The summed E-state index contributed by atoms with van der Waals surface area (Å²) in [4.78, 5) is 32.2. The van der Waals surface area contributed by atoms with E-state index in [9.17, 15) is 20.0 Å². The fourth-order valence-corrected chi connectivity index (χ4v) is 6.08. The predicted molar refractivity (Wildman–Crippen MR) is 173 cm³/mol. The van der Waals surface area contributed by atoms with Gasteiger partial charge in [-0.1, -0.05) is 69.0 Å². The van der Waals surface area contributed by atoms with Crippen LogP contribution >= 0.6 is 0 Å². The van der Waals surface area contributed by atoms with Gasteiger partial charge in [0, 0.05) is 30.7 Å². The number of nitro benzene ring substituents is 1. The second kappa shape index (κ2) is 14.2. The van der Waals surface area contributed by atoms with Crippen LogP contribution in [0.25, 0.3) is 11.1 Å². The van der Waals surface area contributed by atoms with Crippen molar-refractivity contribution in [3.63, 3.8) is 0 Å². The number of carbonyl (C=O) groups excluding carboxylic acids is 1. The number of pyridine rings is 1. The zero-order valence-corrected chi connectivity index (χ0v) is 26.0. The van der Waals surface area contributed by atoms with Crippen LogP contribution in [-0.2, 0) is 12.8 Å². The van der Waals surface area contributed by atoms with Crippen LogP contribution in [-0.4, -0.2) is 46.6 Å². The molecule has 1 unspecified atom stereocenters. The molecule has 0 fully saturated rings. The van der Waals surface area contributed by atoms with E-state index in [1.807, 2.05) is 53.4 Å². The van der Waals surface area contributed by atoms with Gasteiger partial charge in [-0.15, -0.1) is 0 Å². The Kier molecular flexibility index (Phi) is 9.97. The first-order chi connectivity index (χ1) is 21.9. The first kappa shape index (κ1) is 31.5. The molecule has 9 nitrogen and oxygen atoms in total. The number of aromatic nitrogens is 1. The van der Waals surface area contributed by atoms with E-state index in [1.165, 1.54) is 12.1 Å². The number of nitro groups is 1. The van der Waals surface area contributed by atoms with Gasteiger partial charge in [0.1, 0.15) is 5.75 Å². The molecule has 0 radical (unpaired) electrons. The Balaban J connectivity index is 1.59. The highest BCUT2D eigenvalue weighted by atomic mass is 16.6. The molecular formula is C36H39N3O6. The van der Waals surface area contributed by atoms with Crippen LogP contribution < -0.4 is 9.47 Å². The topological polar surface area (TPSA) is 115 Å². The Labute approximate surface area is 263 Å². The van der Waals surface area contributed by atoms with Crippen molar-refractivity contribution in [1.29, 1.82) is 0 Å². The third-order valence-electron chi connectivity index (χ3n) is 8.44. The van der Waals surface area contributed by atoms with Crippen LogP contribution in [0.5, 0.6) is 17.2 Å². The predicted octanol–water partition coefficient (Wildman–Crippen LogP) is 7.68. The van der Waals surface area contributed by atoms with Gasteiger partial charge in [0.2, 0.25) is 0 Å². The molecule has 1 amide bonds. The van der Waals surface area contributed by atoms with E-state index >= 15 is 0 Å². The molecule has 45 heavy (non-hydrogen) atoms. The maximum Gasteiger partial charge on any atom is 0.269 e. The van der Waals surface area contributed by atoms with E-state index in [2.05, 4.69) is 6.92 Å². The van der Waals surface area contributed by atoms with Gasteiger partial charge in [-0.05, 0) is 53.8 Å². The number of non-ortho nitro benzene ring substituents is 1. The molecule has 234 valence electrons. The van der Waals surface area contributed by atoms with Gasteiger partial charge in [0.15, 0.2) is 11.5 Å². The minimum atomic E-state index is -0.463. The molecule has 1 atom stereocenters. The lowest BCUT2D eigenvalue weighted by molar-refractivity contribution is -0.384. The summed E-state index contributed by atoms with van der Waals surface area (Å²) in [5.74, 6) is 0.984. The average Bonchev–Trinajstić information content (AvgIpc) is 3.32. The molecule has 1 aliphatic rings. The fourth-order valence-electron chi connectivity index (χ4n) is 6.08. The van der Waals surface area contributed by atoms with Crippen LogP contribution in [0.3, 0.4) is 0 Å². The minimum Gasteiger partial charge on any atom is -0.505 e. The number of carbonyl (C=O) groups is 1. The molecule has 5 rings (SSSR count).